The van der Waals surface area contributed by atoms with Crippen LogP contribution in [-0.2, 0) is 0 Å². The highest BCUT2D eigenvalue weighted by Gasteiger charge is 2.24. The molecule has 3 nitrogen and oxygen atoms in total. The zero-order valence-corrected chi connectivity index (χ0v) is 7.58. The van der Waals surface area contributed by atoms with E-state index in [0.717, 1.165) is 18.8 Å². The largest absolute Gasteiger partial charge is 0.351 e. The minimum atomic E-state index is -0.729. The van der Waals surface area contributed by atoms with Crippen molar-refractivity contribution in [3.05, 3.63) is 18.2 Å². The lowest BCUT2D eigenvalue weighted by Crippen LogP contribution is -2.17. The third-order valence-corrected chi connectivity index (χ3v) is 2.32. The van der Waals surface area contributed by atoms with E-state index in [9.17, 15) is 8.78 Å². The van der Waals surface area contributed by atoms with Crippen LogP contribution >= 0.6 is 0 Å². The monoisotopic (exact) mass is 199 g/mol. The predicted molar refractivity (Wildman–Crippen MR) is 48.1 cm³/mol. The molecule has 1 aromatic rings. The van der Waals surface area contributed by atoms with Gasteiger partial charge >= 0.3 is 0 Å². The molecule has 0 aromatic carbocycles. The molecule has 0 unspecified atom stereocenters. The minimum absolute atomic E-state index is 0.0791. The molecular formula is C9H11F2N3. The predicted octanol–water partition coefficient (Wildman–Crippen LogP) is 1.92. The second-order valence-electron chi connectivity index (χ2n) is 3.48. The Balaban J connectivity index is 1.94. The average molecular weight is 199 g/mol. The molecule has 1 aromatic heterocycles. The van der Waals surface area contributed by atoms with Crippen LogP contribution in [0.3, 0.4) is 0 Å². The number of nitrogens with one attached hydrogen (secondary N) is 1. The summed E-state index contributed by atoms with van der Waals surface area (Å²) in [6.07, 6.45) is 3.31. The van der Waals surface area contributed by atoms with Crippen LogP contribution in [-0.4, -0.2) is 22.2 Å². The summed E-state index contributed by atoms with van der Waals surface area (Å²) in [4.78, 5) is 7.49. The second-order valence-corrected chi connectivity index (χ2v) is 3.48. The van der Waals surface area contributed by atoms with Gasteiger partial charge in [-0.1, -0.05) is 0 Å². The van der Waals surface area contributed by atoms with Gasteiger partial charge in [-0.3, -0.25) is 0 Å². The smallest absolute Gasteiger partial charge is 0.222 e. The molecule has 0 amide bonds. The van der Waals surface area contributed by atoms with Crippen LogP contribution < -0.4 is 5.32 Å². The summed E-state index contributed by atoms with van der Waals surface area (Å²) < 4.78 is 25.2. The average Bonchev–Trinajstić information content (AvgIpc) is 2.56. The fraction of sp³-hybridized carbons (Fsp3) is 0.556. The lowest BCUT2D eigenvalue weighted by Gasteiger charge is -2.10. The lowest BCUT2D eigenvalue weighted by molar-refractivity contribution is 0.340. The first-order valence-corrected chi connectivity index (χ1v) is 4.62. The molecule has 1 N–H and O–H groups in total. The van der Waals surface area contributed by atoms with Gasteiger partial charge in [0.05, 0.1) is 12.4 Å². The summed E-state index contributed by atoms with van der Waals surface area (Å²) in [6.45, 7) is 0. The Bertz CT molecular complexity index is 301. The zero-order valence-electron chi connectivity index (χ0n) is 7.58. The zero-order chi connectivity index (χ0) is 9.97. The third-order valence-electron chi connectivity index (χ3n) is 2.32. The maximum Gasteiger partial charge on any atom is 0.222 e. The van der Waals surface area contributed by atoms with E-state index >= 15 is 0 Å². The van der Waals surface area contributed by atoms with Gasteiger partial charge in [0.1, 0.15) is 6.17 Å². The molecule has 1 saturated carbocycles. The standard InChI is InChI=1S/C9H11F2N3/c10-6-1-2-8(3-6)14-9-12-4-7(11)5-13-9/h4-6,8H,1-3H2,(H,12,13,14)/t6-,8+/m0/s1. The SMILES string of the molecule is Fc1cnc(N[C@@H]2CC[C@H](F)C2)nc1. The van der Waals surface area contributed by atoms with Crippen LogP contribution in [0.25, 0.3) is 0 Å². The molecule has 1 fully saturated rings. The van der Waals surface area contributed by atoms with E-state index in [1.807, 2.05) is 0 Å². The number of alkyl halides is 1. The quantitative estimate of drug-likeness (QED) is 0.790. The van der Waals surface area contributed by atoms with Crippen molar-refractivity contribution >= 4 is 5.95 Å². The number of hydrogen-bond donors (Lipinski definition) is 1. The first kappa shape index (κ1) is 9.30. The normalized spacial score (nSPS) is 26.4. The number of rotatable bonds is 2. The van der Waals surface area contributed by atoms with Crippen molar-refractivity contribution in [2.24, 2.45) is 0 Å². The summed E-state index contributed by atoms with van der Waals surface area (Å²) in [5.41, 5.74) is 0. The maximum absolute atomic E-state index is 12.8. The van der Waals surface area contributed by atoms with Crippen molar-refractivity contribution in [1.29, 1.82) is 0 Å². The van der Waals surface area contributed by atoms with Crippen LogP contribution in [0, 0.1) is 5.82 Å². The van der Waals surface area contributed by atoms with Gasteiger partial charge in [0.25, 0.3) is 0 Å². The van der Waals surface area contributed by atoms with Gasteiger partial charge in [0.2, 0.25) is 5.95 Å². The van der Waals surface area contributed by atoms with Crippen LogP contribution in [0.4, 0.5) is 14.7 Å². The summed E-state index contributed by atoms with van der Waals surface area (Å²) in [6, 6.07) is 0.0791. The van der Waals surface area contributed by atoms with E-state index in [1.54, 1.807) is 0 Å². The van der Waals surface area contributed by atoms with Gasteiger partial charge in [-0.2, -0.15) is 0 Å². The van der Waals surface area contributed by atoms with Crippen molar-refractivity contribution in [1.82, 2.24) is 9.97 Å². The second kappa shape index (κ2) is 3.86. The topological polar surface area (TPSA) is 37.8 Å². The summed E-state index contributed by atoms with van der Waals surface area (Å²) in [5, 5.41) is 2.97. The minimum Gasteiger partial charge on any atom is -0.351 e. The van der Waals surface area contributed by atoms with E-state index in [-0.39, 0.29) is 6.04 Å². The molecule has 0 saturated heterocycles. The van der Waals surface area contributed by atoms with Crippen LogP contribution in [0.15, 0.2) is 12.4 Å². The molecule has 14 heavy (non-hydrogen) atoms. The van der Waals surface area contributed by atoms with E-state index in [2.05, 4.69) is 15.3 Å². The highest BCUT2D eigenvalue weighted by molar-refractivity contribution is 5.25. The van der Waals surface area contributed by atoms with Crippen molar-refractivity contribution in [3.63, 3.8) is 0 Å². The molecule has 0 aliphatic heterocycles. The molecule has 1 heterocycles. The Kier molecular flexibility index (Phi) is 2.56. The van der Waals surface area contributed by atoms with Crippen molar-refractivity contribution in [2.45, 2.75) is 31.5 Å². The molecule has 0 spiro atoms. The van der Waals surface area contributed by atoms with Crippen LogP contribution in [0.2, 0.25) is 0 Å². The van der Waals surface area contributed by atoms with Crippen molar-refractivity contribution in [2.75, 3.05) is 5.32 Å². The molecule has 2 atom stereocenters. The van der Waals surface area contributed by atoms with Gasteiger partial charge in [0, 0.05) is 6.04 Å². The summed E-state index contributed by atoms with van der Waals surface area (Å²) in [5.74, 6) is -0.101. The van der Waals surface area contributed by atoms with Gasteiger partial charge in [-0.15, -0.1) is 0 Å². The van der Waals surface area contributed by atoms with Gasteiger partial charge in [-0.25, -0.2) is 18.7 Å². The highest BCUT2D eigenvalue weighted by atomic mass is 19.1. The Morgan fingerprint density at radius 3 is 2.57 bits per heavy atom. The molecule has 0 bridgehead atoms. The number of hydrogen-bond acceptors (Lipinski definition) is 3. The van der Waals surface area contributed by atoms with Crippen molar-refractivity contribution in [3.8, 4) is 0 Å². The maximum atomic E-state index is 12.8. The summed E-state index contributed by atoms with van der Waals surface area (Å²) >= 11 is 0. The Morgan fingerprint density at radius 2 is 2.00 bits per heavy atom. The summed E-state index contributed by atoms with van der Waals surface area (Å²) in [7, 11) is 0. The fourth-order valence-corrected chi connectivity index (χ4v) is 1.63. The molecule has 1 aliphatic carbocycles. The molecule has 76 valence electrons. The molecule has 0 radical (unpaired) electrons. The Morgan fingerprint density at radius 1 is 1.29 bits per heavy atom. The first-order valence-electron chi connectivity index (χ1n) is 4.62. The van der Waals surface area contributed by atoms with E-state index in [4.69, 9.17) is 0 Å². The Labute approximate surface area is 80.6 Å². The highest BCUT2D eigenvalue weighted by Crippen LogP contribution is 2.23. The first-order chi connectivity index (χ1) is 6.74. The molecule has 2 rings (SSSR count). The van der Waals surface area contributed by atoms with Crippen LogP contribution in [0.5, 0.6) is 0 Å². The molecule has 1 aliphatic rings. The van der Waals surface area contributed by atoms with E-state index in [1.165, 1.54) is 0 Å². The number of anilines is 1. The van der Waals surface area contributed by atoms with Gasteiger partial charge < -0.3 is 5.32 Å². The van der Waals surface area contributed by atoms with Gasteiger partial charge in [0.15, 0.2) is 5.82 Å². The Hall–Kier alpha value is -1.26. The molecular weight excluding hydrogens is 188 g/mol. The number of halogens is 2. The van der Waals surface area contributed by atoms with Crippen molar-refractivity contribution < 1.29 is 8.78 Å². The third kappa shape index (κ3) is 2.16. The lowest BCUT2D eigenvalue weighted by atomic mass is 10.2. The van der Waals surface area contributed by atoms with Crippen LogP contribution in [0.1, 0.15) is 19.3 Å². The van der Waals surface area contributed by atoms with Gasteiger partial charge in [-0.05, 0) is 19.3 Å². The number of nitrogens with zero attached hydrogens (tertiary/aromatic N) is 2. The van der Waals surface area contributed by atoms with E-state index < -0.39 is 12.0 Å². The van der Waals surface area contributed by atoms with E-state index in [0.29, 0.717) is 18.8 Å². The number of aromatic nitrogens is 2. The molecule has 5 heteroatoms. The fourth-order valence-electron chi connectivity index (χ4n) is 1.63.